The molecule has 1 heterocycles. The molecule has 0 aromatic heterocycles. The number of nitrogens with zero attached hydrogens (tertiary/aromatic N) is 1. The number of rotatable bonds is 6. The Kier molecular flexibility index (Phi) is 5.54. The Balaban J connectivity index is 1.64. The molecular formula is C21H21FN2O5. The molecule has 3 rings (SSSR count). The number of benzene rings is 2. The van der Waals surface area contributed by atoms with Crippen LogP contribution in [0.15, 0.2) is 42.5 Å². The van der Waals surface area contributed by atoms with E-state index in [1.807, 2.05) is 19.1 Å². The first-order valence-electron chi connectivity index (χ1n) is 8.94. The molecule has 2 aromatic rings. The first-order valence-corrected chi connectivity index (χ1v) is 8.94. The van der Waals surface area contributed by atoms with Crippen molar-refractivity contribution in [1.82, 2.24) is 10.2 Å². The normalized spacial score (nSPS) is 18.6. The predicted octanol–water partition coefficient (Wildman–Crippen LogP) is 2.65. The predicted molar refractivity (Wildman–Crippen MR) is 102 cm³/mol. The molecule has 152 valence electrons. The summed E-state index contributed by atoms with van der Waals surface area (Å²) in [6.07, 6.45) is 0. The molecule has 1 atom stereocenters. The maximum absolute atomic E-state index is 13.7. The Hall–Kier alpha value is -3.42. The minimum absolute atomic E-state index is 0.0785. The van der Waals surface area contributed by atoms with Crippen molar-refractivity contribution in [2.75, 3.05) is 13.7 Å². The summed E-state index contributed by atoms with van der Waals surface area (Å²) in [5.74, 6) is -1.82. The van der Waals surface area contributed by atoms with Gasteiger partial charge in [-0.1, -0.05) is 35.9 Å². The van der Waals surface area contributed by atoms with Gasteiger partial charge in [-0.2, -0.15) is 0 Å². The van der Waals surface area contributed by atoms with E-state index in [1.54, 1.807) is 25.1 Å². The second kappa shape index (κ2) is 7.90. The van der Waals surface area contributed by atoms with Crippen LogP contribution in [-0.2, 0) is 26.5 Å². The third-order valence-corrected chi connectivity index (χ3v) is 4.81. The van der Waals surface area contributed by atoms with Gasteiger partial charge in [0, 0.05) is 0 Å². The van der Waals surface area contributed by atoms with Crippen LogP contribution in [0.3, 0.4) is 0 Å². The fourth-order valence-corrected chi connectivity index (χ4v) is 3.06. The average molecular weight is 400 g/mol. The highest BCUT2D eigenvalue weighted by Crippen LogP contribution is 2.29. The lowest BCUT2D eigenvalue weighted by Gasteiger charge is -2.22. The number of nitrogens with one attached hydrogen (secondary N) is 1. The van der Waals surface area contributed by atoms with Crippen LogP contribution in [0.2, 0.25) is 0 Å². The third kappa shape index (κ3) is 4.06. The highest BCUT2D eigenvalue weighted by Gasteiger charge is 2.49. The number of ether oxygens (including phenoxy) is 2. The first-order chi connectivity index (χ1) is 13.7. The fraction of sp³-hybridized carbons (Fsp3) is 0.286. The second-order valence-electron chi connectivity index (χ2n) is 6.94. The number of urea groups is 1. The molecule has 1 aliphatic rings. The van der Waals surface area contributed by atoms with Crippen molar-refractivity contribution in [3.63, 3.8) is 0 Å². The topological polar surface area (TPSA) is 84.9 Å². The number of carbonyl (C=O) groups is 3. The zero-order valence-corrected chi connectivity index (χ0v) is 16.3. The van der Waals surface area contributed by atoms with Gasteiger partial charge in [0.2, 0.25) is 0 Å². The van der Waals surface area contributed by atoms with E-state index < -0.39 is 35.8 Å². The van der Waals surface area contributed by atoms with Crippen LogP contribution in [0.4, 0.5) is 9.18 Å². The van der Waals surface area contributed by atoms with E-state index in [0.717, 1.165) is 10.5 Å². The van der Waals surface area contributed by atoms with Gasteiger partial charge in [0.15, 0.2) is 11.6 Å². The highest BCUT2D eigenvalue weighted by molar-refractivity contribution is 6.08. The van der Waals surface area contributed by atoms with Crippen LogP contribution >= 0.6 is 0 Å². The van der Waals surface area contributed by atoms with E-state index in [2.05, 4.69) is 5.32 Å². The average Bonchev–Trinajstić information content (AvgIpc) is 2.91. The molecule has 1 saturated heterocycles. The molecule has 0 spiro atoms. The summed E-state index contributed by atoms with van der Waals surface area (Å²) in [5.41, 5.74) is 0.790. The largest absolute Gasteiger partial charge is 0.494 e. The Morgan fingerprint density at radius 3 is 2.48 bits per heavy atom. The standard InChI is InChI=1S/C21H21FN2O5/c1-13-4-7-15(8-5-13)21(2)19(26)24(20(27)23-21)11-18(25)29-12-14-6-9-17(28-3)16(22)10-14/h4-10H,11-12H2,1-3H3,(H,23,27)/t21-/m0/s1. The lowest BCUT2D eigenvalue weighted by atomic mass is 9.91. The zero-order chi connectivity index (χ0) is 21.2. The van der Waals surface area contributed by atoms with E-state index in [9.17, 15) is 18.8 Å². The SMILES string of the molecule is COc1ccc(COC(=O)CN2C(=O)N[C@@](C)(c3ccc(C)cc3)C2=O)cc1F. The molecule has 2 aromatic carbocycles. The number of aryl methyl sites for hydroxylation is 1. The van der Waals surface area contributed by atoms with Crippen molar-refractivity contribution in [2.24, 2.45) is 0 Å². The smallest absolute Gasteiger partial charge is 0.326 e. The van der Waals surface area contributed by atoms with Gasteiger partial charge in [-0.3, -0.25) is 14.5 Å². The monoisotopic (exact) mass is 400 g/mol. The fourth-order valence-electron chi connectivity index (χ4n) is 3.06. The van der Waals surface area contributed by atoms with E-state index >= 15 is 0 Å². The molecule has 7 nitrogen and oxygen atoms in total. The van der Waals surface area contributed by atoms with Crippen molar-refractivity contribution in [3.05, 3.63) is 65.0 Å². The van der Waals surface area contributed by atoms with Crippen molar-refractivity contribution < 1.29 is 28.2 Å². The molecular weight excluding hydrogens is 379 g/mol. The van der Waals surface area contributed by atoms with E-state index in [4.69, 9.17) is 9.47 Å². The molecule has 1 aliphatic heterocycles. The summed E-state index contributed by atoms with van der Waals surface area (Å²) < 4.78 is 23.6. The molecule has 0 saturated carbocycles. The Morgan fingerprint density at radius 1 is 1.17 bits per heavy atom. The number of carbonyl (C=O) groups excluding carboxylic acids is 3. The molecule has 0 unspecified atom stereocenters. The van der Waals surface area contributed by atoms with E-state index in [0.29, 0.717) is 11.1 Å². The maximum atomic E-state index is 13.7. The molecule has 8 heteroatoms. The van der Waals surface area contributed by atoms with Crippen LogP contribution < -0.4 is 10.1 Å². The minimum atomic E-state index is -1.26. The van der Waals surface area contributed by atoms with Crippen molar-refractivity contribution in [2.45, 2.75) is 26.0 Å². The number of amides is 3. The van der Waals surface area contributed by atoms with Crippen molar-refractivity contribution >= 4 is 17.9 Å². The van der Waals surface area contributed by atoms with Crippen LogP contribution in [0, 0.1) is 12.7 Å². The van der Waals surface area contributed by atoms with Gasteiger partial charge < -0.3 is 14.8 Å². The Labute approximate surface area is 167 Å². The lowest BCUT2D eigenvalue weighted by molar-refractivity contribution is -0.148. The highest BCUT2D eigenvalue weighted by atomic mass is 19.1. The van der Waals surface area contributed by atoms with Crippen LogP contribution in [0.5, 0.6) is 5.75 Å². The van der Waals surface area contributed by atoms with Gasteiger partial charge in [0.1, 0.15) is 18.7 Å². The Bertz CT molecular complexity index is 960. The quantitative estimate of drug-likeness (QED) is 0.595. The lowest BCUT2D eigenvalue weighted by Crippen LogP contribution is -2.41. The summed E-state index contributed by atoms with van der Waals surface area (Å²) in [4.78, 5) is 38.1. The molecule has 0 radical (unpaired) electrons. The molecule has 3 amide bonds. The number of hydrogen-bond acceptors (Lipinski definition) is 5. The third-order valence-electron chi connectivity index (χ3n) is 4.81. The molecule has 29 heavy (non-hydrogen) atoms. The number of hydrogen-bond donors (Lipinski definition) is 1. The molecule has 0 aliphatic carbocycles. The molecule has 1 fully saturated rings. The first kappa shape index (κ1) is 20.3. The second-order valence-corrected chi connectivity index (χ2v) is 6.94. The van der Waals surface area contributed by atoms with Gasteiger partial charge in [0.25, 0.3) is 5.91 Å². The summed E-state index contributed by atoms with van der Waals surface area (Å²) in [7, 11) is 1.35. The summed E-state index contributed by atoms with van der Waals surface area (Å²) in [6, 6.07) is 10.7. The molecule has 0 bridgehead atoms. The minimum Gasteiger partial charge on any atom is -0.494 e. The van der Waals surface area contributed by atoms with Gasteiger partial charge in [-0.15, -0.1) is 0 Å². The van der Waals surface area contributed by atoms with E-state index in [1.165, 1.54) is 19.2 Å². The van der Waals surface area contributed by atoms with Gasteiger partial charge in [-0.25, -0.2) is 9.18 Å². The van der Waals surface area contributed by atoms with Crippen LogP contribution in [-0.4, -0.2) is 36.5 Å². The Morgan fingerprint density at radius 2 is 1.86 bits per heavy atom. The summed E-state index contributed by atoms with van der Waals surface area (Å²) >= 11 is 0. The molecule has 1 N–H and O–H groups in total. The number of imide groups is 1. The number of methoxy groups -OCH3 is 1. The van der Waals surface area contributed by atoms with E-state index in [-0.39, 0.29) is 12.4 Å². The van der Waals surface area contributed by atoms with Gasteiger partial charge >= 0.3 is 12.0 Å². The zero-order valence-electron chi connectivity index (χ0n) is 16.3. The summed E-state index contributed by atoms with van der Waals surface area (Å²) in [6.45, 7) is 2.77. The number of esters is 1. The van der Waals surface area contributed by atoms with Crippen LogP contribution in [0.1, 0.15) is 23.6 Å². The van der Waals surface area contributed by atoms with Gasteiger partial charge in [0.05, 0.1) is 7.11 Å². The summed E-state index contributed by atoms with van der Waals surface area (Å²) in [5, 5.41) is 2.63. The van der Waals surface area contributed by atoms with Gasteiger partial charge in [-0.05, 0) is 37.1 Å². The number of halogens is 1. The maximum Gasteiger partial charge on any atom is 0.326 e. The van der Waals surface area contributed by atoms with Crippen molar-refractivity contribution in [3.8, 4) is 5.75 Å². The van der Waals surface area contributed by atoms with Crippen molar-refractivity contribution in [1.29, 1.82) is 0 Å². The van der Waals surface area contributed by atoms with Crippen LogP contribution in [0.25, 0.3) is 0 Å².